The number of nitro groups is 1. The molecule has 92 valence electrons. The minimum atomic E-state index is -0.571. The fourth-order valence-corrected chi connectivity index (χ4v) is 1.47. The number of amides is 1. The topological polar surface area (TPSA) is 89.5 Å². The van der Waals surface area contributed by atoms with E-state index in [4.69, 9.17) is 5.73 Å². The van der Waals surface area contributed by atoms with Gasteiger partial charge in [0.15, 0.2) is 0 Å². The lowest BCUT2D eigenvalue weighted by molar-refractivity contribution is -0.384. The highest BCUT2D eigenvalue weighted by atomic mass is 16.6. The maximum absolute atomic E-state index is 11.5. The highest BCUT2D eigenvalue weighted by Crippen LogP contribution is 2.14. The van der Waals surface area contributed by atoms with Gasteiger partial charge >= 0.3 is 0 Å². The number of likely N-dealkylation sites (N-methyl/N-ethyl adjacent to an activating group) is 1. The maximum Gasteiger partial charge on any atom is 0.269 e. The predicted octanol–water partition coefficient (Wildman–Crippen LogP) is 0.900. The van der Waals surface area contributed by atoms with Gasteiger partial charge in [0.25, 0.3) is 5.69 Å². The Kier molecular flexibility index (Phi) is 4.17. The van der Waals surface area contributed by atoms with Crippen LogP contribution >= 0.6 is 0 Å². The molecule has 17 heavy (non-hydrogen) atoms. The fourth-order valence-electron chi connectivity index (χ4n) is 1.47. The van der Waals surface area contributed by atoms with Crippen molar-refractivity contribution < 1.29 is 9.72 Å². The van der Waals surface area contributed by atoms with Crippen molar-refractivity contribution in [2.75, 3.05) is 7.05 Å². The Bertz CT molecular complexity index is 432. The van der Waals surface area contributed by atoms with Crippen LogP contribution in [0.4, 0.5) is 5.69 Å². The van der Waals surface area contributed by atoms with Crippen molar-refractivity contribution >= 4 is 11.6 Å². The zero-order valence-electron chi connectivity index (χ0n) is 9.79. The van der Waals surface area contributed by atoms with E-state index < -0.39 is 11.0 Å². The van der Waals surface area contributed by atoms with Crippen LogP contribution in [0.1, 0.15) is 12.5 Å². The van der Waals surface area contributed by atoms with E-state index in [2.05, 4.69) is 0 Å². The molecule has 1 atom stereocenters. The second-order valence-corrected chi connectivity index (χ2v) is 3.91. The third-order valence-corrected chi connectivity index (χ3v) is 2.31. The van der Waals surface area contributed by atoms with E-state index in [0.29, 0.717) is 12.1 Å². The summed E-state index contributed by atoms with van der Waals surface area (Å²) in [6, 6.07) is 5.62. The van der Waals surface area contributed by atoms with Gasteiger partial charge in [-0.25, -0.2) is 0 Å². The second kappa shape index (κ2) is 5.40. The van der Waals surface area contributed by atoms with E-state index in [-0.39, 0.29) is 11.6 Å². The Morgan fingerprint density at radius 3 is 2.76 bits per heavy atom. The first-order chi connectivity index (χ1) is 7.91. The summed E-state index contributed by atoms with van der Waals surface area (Å²) in [6.07, 6.45) is 0. The molecule has 0 bridgehead atoms. The van der Waals surface area contributed by atoms with Gasteiger partial charge in [-0.1, -0.05) is 12.1 Å². The standard InChI is InChI=1S/C11H15N3O3/c1-8(12)11(15)13(2)7-9-4-3-5-10(6-9)14(16)17/h3-6,8H,7,12H2,1-2H3. The van der Waals surface area contributed by atoms with Crippen molar-refractivity contribution in [1.29, 1.82) is 0 Å². The van der Waals surface area contributed by atoms with Gasteiger partial charge in [-0.3, -0.25) is 14.9 Å². The normalized spacial score (nSPS) is 11.9. The van der Waals surface area contributed by atoms with Crippen LogP contribution in [-0.2, 0) is 11.3 Å². The Hall–Kier alpha value is -1.95. The summed E-state index contributed by atoms with van der Waals surface area (Å²) in [5, 5.41) is 10.6. The third kappa shape index (κ3) is 3.53. The van der Waals surface area contributed by atoms with Crippen LogP contribution in [0.25, 0.3) is 0 Å². The van der Waals surface area contributed by atoms with E-state index >= 15 is 0 Å². The molecule has 0 saturated heterocycles. The van der Waals surface area contributed by atoms with Crippen LogP contribution in [0.15, 0.2) is 24.3 Å². The van der Waals surface area contributed by atoms with E-state index in [9.17, 15) is 14.9 Å². The summed E-state index contributed by atoms with van der Waals surface area (Å²) < 4.78 is 0. The molecule has 1 unspecified atom stereocenters. The van der Waals surface area contributed by atoms with Gasteiger partial charge < -0.3 is 10.6 Å². The average Bonchev–Trinajstić information content (AvgIpc) is 2.28. The van der Waals surface area contributed by atoms with Crippen LogP contribution in [0.3, 0.4) is 0 Å². The molecular weight excluding hydrogens is 222 g/mol. The first-order valence-electron chi connectivity index (χ1n) is 5.15. The number of carbonyl (C=O) groups is 1. The second-order valence-electron chi connectivity index (χ2n) is 3.91. The predicted molar refractivity (Wildman–Crippen MR) is 63.2 cm³/mol. The number of rotatable bonds is 4. The van der Waals surface area contributed by atoms with Crippen LogP contribution in [-0.4, -0.2) is 28.8 Å². The van der Waals surface area contributed by atoms with Crippen molar-refractivity contribution in [2.24, 2.45) is 5.73 Å². The van der Waals surface area contributed by atoms with E-state index in [1.165, 1.54) is 17.0 Å². The van der Waals surface area contributed by atoms with Gasteiger partial charge in [-0.15, -0.1) is 0 Å². The van der Waals surface area contributed by atoms with Crippen molar-refractivity contribution in [2.45, 2.75) is 19.5 Å². The molecule has 0 aliphatic heterocycles. The highest BCUT2D eigenvalue weighted by molar-refractivity contribution is 5.80. The van der Waals surface area contributed by atoms with Crippen LogP contribution in [0.5, 0.6) is 0 Å². The summed E-state index contributed by atoms with van der Waals surface area (Å²) in [5.41, 5.74) is 6.19. The summed E-state index contributed by atoms with van der Waals surface area (Å²) >= 11 is 0. The van der Waals surface area contributed by atoms with E-state index in [0.717, 1.165) is 0 Å². The molecule has 1 aromatic rings. The molecule has 0 radical (unpaired) electrons. The van der Waals surface area contributed by atoms with Crippen molar-refractivity contribution in [3.8, 4) is 0 Å². The molecule has 0 fully saturated rings. The number of nitrogens with two attached hydrogens (primary N) is 1. The SMILES string of the molecule is CC(N)C(=O)N(C)Cc1cccc([N+](=O)[O-])c1. The first-order valence-corrected chi connectivity index (χ1v) is 5.15. The Morgan fingerprint density at radius 2 is 2.24 bits per heavy atom. The Labute approximate surface area is 99.2 Å². The van der Waals surface area contributed by atoms with Gasteiger partial charge in [0.05, 0.1) is 11.0 Å². The number of carbonyl (C=O) groups excluding carboxylic acids is 1. The molecule has 2 N–H and O–H groups in total. The van der Waals surface area contributed by atoms with Gasteiger partial charge in [0.1, 0.15) is 0 Å². The summed E-state index contributed by atoms with van der Waals surface area (Å²) in [4.78, 5) is 23.1. The molecule has 0 aliphatic rings. The summed E-state index contributed by atoms with van der Waals surface area (Å²) in [5.74, 6) is -0.198. The van der Waals surface area contributed by atoms with E-state index in [1.54, 1.807) is 26.1 Å². The molecule has 0 aliphatic carbocycles. The van der Waals surface area contributed by atoms with Gasteiger partial charge in [0, 0.05) is 25.7 Å². The molecule has 0 spiro atoms. The molecule has 0 saturated carbocycles. The Morgan fingerprint density at radius 1 is 1.59 bits per heavy atom. The van der Waals surface area contributed by atoms with Gasteiger partial charge in [-0.2, -0.15) is 0 Å². The molecular formula is C11H15N3O3. The minimum Gasteiger partial charge on any atom is -0.340 e. The number of non-ortho nitro benzene ring substituents is 1. The van der Waals surface area contributed by atoms with E-state index in [1.807, 2.05) is 0 Å². The third-order valence-electron chi connectivity index (χ3n) is 2.31. The lowest BCUT2D eigenvalue weighted by Crippen LogP contribution is -2.39. The largest absolute Gasteiger partial charge is 0.340 e. The summed E-state index contributed by atoms with van der Waals surface area (Å²) in [7, 11) is 1.62. The molecule has 0 heterocycles. The van der Waals surface area contributed by atoms with Gasteiger partial charge in [0.2, 0.25) is 5.91 Å². The van der Waals surface area contributed by atoms with Crippen molar-refractivity contribution in [3.63, 3.8) is 0 Å². The zero-order chi connectivity index (χ0) is 13.0. The lowest BCUT2D eigenvalue weighted by atomic mass is 10.2. The quantitative estimate of drug-likeness (QED) is 0.622. The smallest absolute Gasteiger partial charge is 0.269 e. The molecule has 0 aromatic heterocycles. The van der Waals surface area contributed by atoms with Gasteiger partial charge in [-0.05, 0) is 12.5 Å². The minimum absolute atomic E-state index is 0.0177. The lowest BCUT2D eigenvalue weighted by Gasteiger charge is -2.19. The summed E-state index contributed by atoms with van der Waals surface area (Å²) in [6.45, 7) is 1.91. The Balaban J connectivity index is 2.78. The maximum atomic E-state index is 11.5. The molecule has 6 heteroatoms. The monoisotopic (exact) mass is 237 g/mol. The zero-order valence-corrected chi connectivity index (χ0v) is 9.79. The number of benzene rings is 1. The fraction of sp³-hybridized carbons (Fsp3) is 0.364. The van der Waals surface area contributed by atoms with Crippen LogP contribution in [0, 0.1) is 10.1 Å². The number of nitrogens with zero attached hydrogens (tertiary/aromatic N) is 2. The molecule has 1 rings (SSSR count). The number of hydrogen-bond acceptors (Lipinski definition) is 4. The molecule has 1 aromatic carbocycles. The van der Waals surface area contributed by atoms with Crippen LogP contribution < -0.4 is 5.73 Å². The van der Waals surface area contributed by atoms with Crippen molar-refractivity contribution in [1.82, 2.24) is 4.90 Å². The number of nitro benzene ring substituents is 1. The molecule has 6 nitrogen and oxygen atoms in total. The first kappa shape index (κ1) is 13.1. The number of hydrogen-bond donors (Lipinski definition) is 1. The van der Waals surface area contributed by atoms with Crippen molar-refractivity contribution in [3.05, 3.63) is 39.9 Å². The highest BCUT2D eigenvalue weighted by Gasteiger charge is 2.14. The molecule has 1 amide bonds. The average molecular weight is 237 g/mol. The van der Waals surface area contributed by atoms with Crippen LogP contribution in [0.2, 0.25) is 0 Å².